The Hall–Kier alpha value is -0.620. The van der Waals surface area contributed by atoms with Crippen molar-refractivity contribution in [3.63, 3.8) is 0 Å². The van der Waals surface area contributed by atoms with Crippen molar-refractivity contribution < 1.29 is 13.5 Å². The summed E-state index contributed by atoms with van der Waals surface area (Å²) in [4.78, 5) is 0.0819. The largest absolute Gasteiger partial charge is 0.392 e. The summed E-state index contributed by atoms with van der Waals surface area (Å²) in [7, 11) is -3.58. The Morgan fingerprint density at radius 3 is 2.63 bits per heavy atom. The molecule has 19 heavy (non-hydrogen) atoms. The van der Waals surface area contributed by atoms with Crippen LogP contribution in [0.2, 0.25) is 5.02 Å². The fourth-order valence-corrected chi connectivity index (χ4v) is 4.41. The number of hydrogen-bond donors (Lipinski definition) is 1. The molecule has 106 valence electrons. The number of halogens is 1. The maximum absolute atomic E-state index is 12.6. The molecule has 0 spiro atoms. The minimum atomic E-state index is -3.58. The third kappa shape index (κ3) is 2.94. The van der Waals surface area contributed by atoms with Crippen molar-refractivity contribution in [1.82, 2.24) is 4.31 Å². The van der Waals surface area contributed by atoms with Crippen molar-refractivity contribution in [2.75, 3.05) is 13.1 Å². The van der Waals surface area contributed by atoms with E-state index in [-0.39, 0.29) is 21.9 Å². The molecule has 0 amide bonds. The highest BCUT2D eigenvalue weighted by Crippen LogP contribution is 2.34. The second-order valence-corrected chi connectivity index (χ2v) is 7.99. The molecule has 0 bridgehead atoms. The van der Waals surface area contributed by atoms with E-state index in [4.69, 9.17) is 16.7 Å². The molecular formula is C13H18ClNO3S. The number of nitrogens with zero attached hydrogens (tertiary/aromatic N) is 1. The van der Waals surface area contributed by atoms with Gasteiger partial charge in [-0.05, 0) is 29.5 Å². The monoisotopic (exact) mass is 303 g/mol. The normalized spacial score (nSPS) is 19.8. The van der Waals surface area contributed by atoms with Crippen LogP contribution in [-0.2, 0) is 16.6 Å². The Morgan fingerprint density at radius 1 is 1.42 bits per heavy atom. The van der Waals surface area contributed by atoms with Crippen molar-refractivity contribution in [1.29, 1.82) is 0 Å². The lowest BCUT2D eigenvalue weighted by atomic mass is 9.93. The highest BCUT2D eigenvalue weighted by molar-refractivity contribution is 7.89. The molecule has 1 saturated heterocycles. The maximum Gasteiger partial charge on any atom is 0.244 e. The van der Waals surface area contributed by atoms with Gasteiger partial charge >= 0.3 is 0 Å². The first-order valence-electron chi connectivity index (χ1n) is 6.16. The van der Waals surface area contributed by atoms with Crippen molar-refractivity contribution in [2.24, 2.45) is 5.41 Å². The number of benzene rings is 1. The SMILES string of the molecule is CC1(C)CCN(S(=O)(=O)c2cc(CO)ccc2Cl)C1. The lowest BCUT2D eigenvalue weighted by Gasteiger charge is -2.20. The number of sulfonamides is 1. The molecule has 0 atom stereocenters. The summed E-state index contributed by atoms with van der Waals surface area (Å²) in [5.41, 5.74) is 0.537. The first kappa shape index (κ1) is 14.8. The highest BCUT2D eigenvalue weighted by Gasteiger charge is 2.37. The molecule has 4 nitrogen and oxygen atoms in total. The third-order valence-corrected chi connectivity index (χ3v) is 5.77. The van der Waals surface area contributed by atoms with Crippen LogP contribution in [0, 0.1) is 5.41 Å². The molecule has 0 radical (unpaired) electrons. The molecule has 1 aromatic carbocycles. The molecule has 0 aromatic heterocycles. The van der Waals surface area contributed by atoms with Gasteiger partial charge in [0.05, 0.1) is 11.6 Å². The number of rotatable bonds is 3. The van der Waals surface area contributed by atoms with E-state index in [1.54, 1.807) is 6.07 Å². The molecule has 1 aliphatic heterocycles. The third-order valence-electron chi connectivity index (χ3n) is 3.44. The average molecular weight is 304 g/mol. The summed E-state index contributed by atoms with van der Waals surface area (Å²) in [6, 6.07) is 4.58. The molecule has 0 saturated carbocycles. The van der Waals surface area contributed by atoms with Crippen molar-refractivity contribution in [3.05, 3.63) is 28.8 Å². The van der Waals surface area contributed by atoms with Gasteiger partial charge < -0.3 is 5.11 Å². The number of aliphatic hydroxyl groups excluding tert-OH is 1. The molecule has 1 fully saturated rings. The van der Waals surface area contributed by atoms with Crippen LogP contribution in [0.25, 0.3) is 0 Å². The Balaban J connectivity index is 2.40. The summed E-state index contributed by atoms with van der Waals surface area (Å²) in [5, 5.41) is 9.31. The zero-order valence-corrected chi connectivity index (χ0v) is 12.6. The zero-order valence-electron chi connectivity index (χ0n) is 11.1. The van der Waals surface area contributed by atoms with Crippen LogP contribution in [0.5, 0.6) is 0 Å². The first-order chi connectivity index (χ1) is 8.76. The smallest absolute Gasteiger partial charge is 0.244 e. The van der Waals surface area contributed by atoms with Crippen molar-refractivity contribution in [2.45, 2.75) is 31.8 Å². The molecule has 0 unspecified atom stereocenters. The van der Waals surface area contributed by atoms with Crippen molar-refractivity contribution >= 4 is 21.6 Å². The summed E-state index contributed by atoms with van der Waals surface area (Å²) in [5.74, 6) is 0. The van der Waals surface area contributed by atoms with E-state index >= 15 is 0 Å². The Labute approximate surface area is 119 Å². The molecule has 0 aliphatic carbocycles. The summed E-state index contributed by atoms with van der Waals surface area (Å²) in [6.45, 7) is 4.90. The van der Waals surface area contributed by atoms with E-state index in [0.29, 0.717) is 18.7 Å². The van der Waals surface area contributed by atoms with E-state index in [0.717, 1.165) is 6.42 Å². The van der Waals surface area contributed by atoms with Crippen LogP contribution >= 0.6 is 11.6 Å². The van der Waals surface area contributed by atoms with Gasteiger partial charge in [-0.15, -0.1) is 0 Å². The summed E-state index contributed by atoms with van der Waals surface area (Å²) < 4.78 is 26.6. The average Bonchev–Trinajstić information content (AvgIpc) is 2.71. The van der Waals surface area contributed by atoms with E-state index in [1.165, 1.54) is 16.4 Å². The Bertz CT molecular complexity index is 584. The fraction of sp³-hybridized carbons (Fsp3) is 0.538. The second kappa shape index (κ2) is 5.05. The van der Waals surface area contributed by atoms with Crippen LogP contribution in [-0.4, -0.2) is 30.9 Å². The molecule has 1 N–H and O–H groups in total. The van der Waals surface area contributed by atoms with Gasteiger partial charge in [-0.25, -0.2) is 8.42 Å². The van der Waals surface area contributed by atoms with Crippen LogP contribution in [0.4, 0.5) is 0 Å². The van der Waals surface area contributed by atoms with Gasteiger partial charge in [-0.3, -0.25) is 0 Å². The predicted octanol–water partition coefficient (Wildman–Crippen LogP) is 2.25. The lowest BCUT2D eigenvalue weighted by Crippen LogP contribution is -2.30. The van der Waals surface area contributed by atoms with Crippen LogP contribution < -0.4 is 0 Å². The van der Waals surface area contributed by atoms with Gasteiger partial charge in [0.15, 0.2) is 0 Å². The number of hydrogen-bond acceptors (Lipinski definition) is 3. The van der Waals surface area contributed by atoms with Gasteiger partial charge in [0.2, 0.25) is 10.0 Å². The Kier molecular flexibility index (Phi) is 3.93. The molecule has 1 aliphatic rings. The van der Waals surface area contributed by atoms with Crippen LogP contribution in [0.3, 0.4) is 0 Å². The topological polar surface area (TPSA) is 57.6 Å². The lowest BCUT2D eigenvalue weighted by molar-refractivity contribution is 0.281. The second-order valence-electron chi connectivity index (χ2n) is 5.68. The summed E-state index contributed by atoms with van der Waals surface area (Å²) in [6.07, 6.45) is 0.837. The summed E-state index contributed by atoms with van der Waals surface area (Å²) >= 11 is 6.00. The maximum atomic E-state index is 12.6. The van der Waals surface area contributed by atoms with E-state index in [2.05, 4.69) is 0 Å². The van der Waals surface area contributed by atoms with Crippen LogP contribution in [0.15, 0.2) is 23.1 Å². The van der Waals surface area contributed by atoms with Gasteiger partial charge in [-0.2, -0.15) is 4.31 Å². The predicted molar refractivity (Wildman–Crippen MR) is 74.5 cm³/mol. The fourth-order valence-electron chi connectivity index (χ4n) is 2.25. The highest BCUT2D eigenvalue weighted by atomic mass is 35.5. The molecule has 2 rings (SSSR count). The Morgan fingerprint density at radius 2 is 2.11 bits per heavy atom. The number of aliphatic hydroxyl groups is 1. The van der Waals surface area contributed by atoms with E-state index in [1.807, 2.05) is 13.8 Å². The van der Waals surface area contributed by atoms with E-state index < -0.39 is 10.0 Å². The van der Waals surface area contributed by atoms with Crippen LogP contribution in [0.1, 0.15) is 25.8 Å². The van der Waals surface area contributed by atoms with Gasteiger partial charge in [0.25, 0.3) is 0 Å². The molecular weight excluding hydrogens is 286 g/mol. The van der Waals surface area contributed by atoms with E-state index in [9.17, 15) is 8.42 Å². The minimum Gasteiger partial charge on any atom is -0.392 e. The first-order valence-corrected chi connectivity index (χ1v) is 7.97. The molecule has 1 heterocycles. The molecule has 1 aromatic rings. The standard InChI is InChI=1S/C13H18ClNO3S/c1-13(2)5-6-15(9-13)19(17,18)12-7-10(8-16)3-4-11(12)14/h3-4,7,16H,5-6,8-9H2,1-2H3. The zero-order chi connectivity index (χ0) is 14.3. The quantitative estimate of drug-likeness (QED) is 0.932. The van der Waals surface area contributed by atoms with Gasteiger partial charge in [-0.1, -0.05) is 31.5 Å². The molecule has 6 heteroatoms. The van der Waals surface area contributed by atoms with Gasteiger partial charge in [0.1, 0.15) is 4.90 Å². The minimum absolute atomic E-state index is 0.00582. The van der Waals surface area contributed by atoms with Crippen molar-refractivity contribution in [3.8, 4) is 0 Å². The van der Waals surface area contributed by atoms with Gasteiger partial charge in [0, 0.05) is 13.1 Å².